The summed E-state index contributed by atoms with van der Waals surface area (Å²) in [7, 11) is 3.29. The van der Waals surface area contributed by atoms with Crippen molar-refractivity contribution < 1.29 is 19.1 Å². The standard InChI is InChI=1S/C25H29N3O4/c1-15-6-4-7-17(12-15)26-25(30)28-19-8-5-9-20(28)24(29)27-11-10-16-13-18(31-2)14-21(32-3)22(16)23(19)27/h4,6-7,12-14,19-20,23H,5,8-11H2,1-3H3,(H,26,30). The second kappa shape index (κ2) is 8.04. The first kappa shape index (κ1) is 20.7. The summed E-state index contributed by atoms with van der Waals surface area (Å²) in [6.07, 6.45) is 3.22. The number of hydrogen-bond acceptors (Lipinski definition) is 4. The molecule has 0 radical (unpaired) electrons. The lowest BCUT2D eigenvalue weighted by molar-refractivity contribution is -0.152. The van der Waals surface area contributed by atoms with E-state index in [0.29, 0.717) is 18.7 Å². The molecule has 2 fully saturated rings. The molecule has 2 bridgehead atoms. The van der Waals surface area contributed by atoms with Gasteiger partial charge in [-0.3, -0.25) is 4.79 Å². The van der Waals surface area contributed by atoms with Gasteiger partial charge in [-0.05, 0) is 61.9 Å². The number of piperazine rings is 1. The molecule has 7 heteroatoms. The Balaban J connectivity index is 1.55. The third-order valence-electron chi connectivity index (χ3n) is 7.02. The van der Waals surface area contributed by atoms with Gasteiger partial charge in [0.15, 0.2) is 0 Å². The van der Waals surface area contributed by atoms with E-state index in [4.69, 9.17) is 9.47 Å². The van der Waals surface area contributed by atoms with Crippen molar-refractivity contribution in [2.24, 2.45) is 0 Å². The minimum absolute atomic E-state index is 0.0360. The van der Waals surface area contributed by atoms with E-state index in [9.17, 15) is 9.59 Å². The van der Waals surface area contributed by atoms with E-state index in [1.54, 1.807) is 19.1 Å². The molecular weight excluding hydrogens is 406 g/mol. The van der Waals surface area contributed by atoms with E-state index in [1.807, 2.05) is 48.2 Å². The zero-order valence-electron chi connectivity index (χ0n) is 18.8. The normalized spacial score (nSPS) is 23.8. The molecule has 32 heavy (non-hydrogen) atoms. The molecule has 3 aliphatic heterocycles. The fraction of sp³-hybridized carbons (Fsp3) is 0.440. The Bertz CT molecular complexity index is 1050. The largest absolute Gasteiger partial charge is 0.497 e. The molecule has 7 nitrogen and oxygen atoms in total. The number of ether oxygens (including phenoxy) is 2. The van der Waals surface area contributed by atoms with E-state index in [1.165, 1.54) is 0 Å². The Morgan fingerprint density at radius 2 is 1.97 bits per heavy atom. The van der Waals surface area contributed by atoms with Crippen LogP contribution in [0.4, 0.5) is 10.5 Å². The molecular formula is C25H29N3O4. The average molecular weight is 436 g/mol. The van der Waals surface area contributed by atoms with Crippen LogP contribution in [0.1, 0.15) is 42.0 Å². The number of aryl methyl sites for hydroxylation is 1. The van der Waals surface area contributed by atoms with Gasteiger partial charge in [0.25, 0.3) is 0 Å². The van der Waals surface area contributed by atoms with Crippen LogP contribution in [0.15, 0.2) is 36.4 Å². The molecule has 0 spiro atoms. The van der Waals surface area contributed by atoms with Crippen LogP contribution < -0.4 is 14.8 Å². The highest BCUT2D eigenvalue weighted by atomic mass is 16.5. The number of methoxy groups -OCH3 is 2. The van der Waals surface area contributed by atoms with Crippen LogP contribution in [0.2, 0.25) is 0 Å². The molecule has 2 aromatic rings. The number of anilines is 1. The molecule has 2 saturated heterocycles. The predicted octanol–water partition coefficient (Wildman–Crippen LogP) is 3.91. The molecule has 1 N–H and O–H groups in total. The quantitative estimate of drug-likeness (QED) is 0.794. The molecule has 3 unspecified atom stereocenters. The Labute approximate surface area is 188 Å². The van der Waals surface area contributed by atoms with E-state index >= 15 is 0 Å². The summed E-state index contributed by atoms with van der Waals surface area (Å²) < 4.78 is 11.2. The molecule has 3 heterocycles. The summed E-state index contributed by atoms with van der Waals surface area (Å²) in [6, 6.07) is 10.7. The number of carbonyl (C=O) groups is 2. The topological polar surface area (TPSA) is 71.1 Å². The van der Waals surface area contributed by atoms with E-state index < -0.39 is 6.04 Å². The predicted molar refractivity (Wildman–Crippen MR) is 121 cm³/mol. The zero-order valence-corrected chi connectivity index (χ0v) is 18.8. The van der Waals surface area contributed by atoms with Gasteiger partial charge in [0.05, 0.1) is 26.3 Å². The molecule has 0 saturated carbocycles. The Morgan fingerprint density at radius 3 is 2.72 bits per heavy atom. The lowest BCUT2D eigenvalue weighted by Gasteiger charge is -2.55. The van der Waals surface area contributed by atoms with Gasteiger partial charge in [0, 0.05) is 23.9 Å². The maximum atomic E-state index is 13.6. The smallest absolute Gasteiger partial charge is 0.322 e. The molecule has 5 rings (SSSR count). The molecule has 3 amide bonds. The number of hydrogen-bond donors (Lipinski definition) is 1. The van der Waals surface area contributed by atoms with Crippen LogP contribution in [-0.2, 0) is 11.2 Å². The van der Waals surface area contributed by atoms with Gasteiger partial charge in [-0.1, -0.05) is 12.1 Å². The van der Waals surface area contributed by atoms with Gasteiger partial charge in [-0.15, -0.1) is 0 Å². The van der Waals surface area contributed by atoms with Gasteiger partial charge in [0.2, 0.25) is 5.91 Å². The van der Waals surface area contributed by atoms with E-state index in [2.05, 4.69) is 5.32 Å². The number of amides is 3. The third kappa shape index (κ3) is 3.27. The average Bonchev–Trinajstić information content (AvgIpc) is 2.80. The fourth-order valence-corrected chi connectivity index (χ4v) is 5.65. The number of benzene rings is 2. The van der Waals surface area contributed by atoms with Gasteiger partial charge in [-0.2, -0.15) is 0 Å². The maximum absolute atomic E-state index is 13.6. The van der Waals surface area contributed by atoms with Crippen LogP contribution in [0.3, 0.4) is 0 Å². The second-order valence-corrected chi connectivity index (χ2v) is 8.85. The summed E-state index contributed by atoms with van der Waals surface area (Å²) in [4.78, 5) is 30.8. The number of rotatable bonds is 3. The lowest BCUT2D eigenvalue weighted by Crippen LogP contribution is -2.67. The van der Waals surface area contributed by atoms with Crippen molar-refractivity contribution in [3.8, 4) is 11.5 Å². The van der Waals surface area contributed by atoms with Crippen molar-refractivity contribution in [1.29, 1.82) is 0 Å². The summed E-state index contributed by atoms with van der Waals surface area (Å²) in [5.41, 5.74) is 3.95. The summed E-state index contributed by atoms with van der Waals surface area (Å²) in [5.74, 6) is 1.49. The number of urea groups is 1. The first-order valence-electron chi connectivity index (χ1n) is 11.2. The van der Waals surface area contributed by atoms with E-state index in [-0.39, 0.29) is 24.0 Å². The van der Waals surface area contributed by atoms with Crippen molar-refractivity contribution in [3.05, 3.63) is 53.1 Å². The minimum Gasteiger partial charge on any atom is -0.497 e. The van der Waals surface area contributed by atoms with Gasteiger partial charge >= 0.3 is 6.03 Å². The molecule has 0 aliphatic carbocycles. The van der Waals surface area contributed by atoms with Crippen LogP contribution >= 0.6 is 0 Å². The molecule has 2 aromatic carbocycles. The van der Waals surface area contributed by atoms with Crippen molar-refractivity contribution in [1.82, 2.24) is 9.80 Å². The first-order valence-corrected chi connectivity index (χ1v) is 11.2. The van der Waals surface area contributed by atoms with Crippen LogP contribution in [0.25, 0.3) is 0 Å². The van der Waals surface area contributed by atoms with Crippen molar-refractivity contribution >= 4 is 17.6 Å². The first-order chi connectivity index (χ1) is 15.5. The van der Waals surface area contributed by atoms with Gasteiger partial charge < -0.3 is 24.6 Å². The molecule has 3 atom stereocenters. The molecule has 0 aromatic heterocycles. The lowest BCUT2D eigenvalue weighted by atomic mass is 9.78. The maximum Gasteiger partial charge on any atom is 0.322 e. The minimum atomic E-state index is -0.416. The monoisotopic (exact) mass is 435 g/mol. The Hall–Kier alpha value is -3.22. The summed E-state index contributed by atoms with van der Waals surface area (Å²) in [5, 5.41) is 3.03. The van der Waals surface area contributed by atoms with Crippen molar-refractivity contribution in [2.75, 3.05) is 26.1 Å². The molecule has 3 aliphatic rings. The SMILES string of the molecule is COc1cc2c(c(OC)c1)C1C3CCCC(C(=O)N1CC2)N3C(=O)Nc1cccc(C)c1. The summed E-state index contributed by atoms with van der Waals surface area (Å²) in [6.45, 7) is 2.64. The van der Waals surface area contributed by atoms with Crippen molar-refractivity contribution in [2.45, 2.75) is 50.7 Å². The highest BCUT2D eigenvalue weighted by molar-refractivity contribution is 5.95. The van der Waals surface area contributed by atoms with E-state index in [0.717, 1.165) is 47.4 Å². The number of carbonyl (C=O) groups excluding carboxylic acids is 2. The zero-order chi connectivity index (χ0) is 22.4. The van der Waals surface area contributed by atoms with Crippen LogP contribution in [0, 0.1) is 6.92 Å². The number of fused-ring (bicyclic) bond motifs is 6. The highest BCUT2D eigenvalue weighted by Gasteiger charge is 2.53. The number of nitrogens with zero attached hydrogens (tertiary/aromatic N) is 2. The van der Waals surface area contributed by atoms with Crippen molar-refractivity contribution in [3.63, 3.8) is 0 Å². The fourth-order valence-electron chi connectivity index (χ4n) is 5.65. The Kier molecular flexibility index (Phi) is 5.19. The number of nitrogens with one attached hydrogen (secondary N) is 1. The van der Waals surface area contributed by atoms with Gasteiger partial charge in [0.1, 0.15) is 17.5 Å². The third-order valence-corrected chi connectivity index (χ3v) is 7.02. The molecule has 168 valence electrons. The summed E-state index contributed by atoms with van der Waals surface area (Å²) >= 11 is 0. The van der Waals surface area contributed by atoms with Gasteiger partial charge in [-0.25, -0.2) is 4.79 Å². The highest BCUT2D eigenvalue weighted by Crippen LogP contribution is 2.48. The number of piperidine rings is 1. The second-order valence-electron chi connectivity index (χ2n) is 8.85. The van der Waals surface area contributed by atoms with Crippen LogP contribution in [0.5, 0.6) is 11.5 Å². The Morgan fingerprint density at radius 1 is 1.12 bits per heavy atom. The van der Waals surface area contributed by atoms with Crippen LogP contribution in [-0.4, -0.2) is 54.6 Å².